The van der Waals surface area contributed by atoms with Crippen molar-refractivity contribution in [3.8, 4) is 5.75 Å². The van der Waals surface area contributed by atoms with Crippen molar-refractivity contribution in [1.29, 1.82) is 0 Å². The number of ether oxygens (including phenoxy) is 1. The van der Waals surface area contributed by atoms with E-state index in [0.29, 0.717) is 17.0 Å². The fourth-order valence-electron chi connectivity index (χ4n) is 3.07. The second-order valence-electron chi connectivity index (χ2n) is 6.71. The number of carbonyl (C=O) groups is 2. The van der Waals surface area contributed by atoms with E-state index in [1.54, 1.807) is 42.5 Å². The first-order chi connectivity index (χ1) is 14.9. The lowest BCUT2D eigenvalue weighted by Gasteiger charge is -2.14. The maximum absolute atomic E-state index is 13.4. The molecule has 1 saturated heterocycles. The highest BCUT2D eigenvalue weighted by atomic mass is 127. The van der Waals surface area contributed by atoms with Crippen LogP contribution in [0.1, 0.15) is 11.1 Å². The van der Waals surface area contributed by atoms with Crippen LogP contribution in [0.4, 0.5) is 10.1 Å². The second-order valence-corrected chi connectivity index (χ2v) is 9.03. The Kier molecular flexibility index (Phi) is 6.56. The Morgan fingerprint density at radius 2 is 1.68 bits per heavy atom. The quantitative estimate of drug-likeness (QED) is 0.241. The lowest BCUT2D eigenvalue weighted by molar-refractivity contribution is -0.117. The smallest absolute Gasteiger partial charge is 0.282 e. The van der Waals surface area contributed by atoms with E-state index in [1.165, 1.54) is 17.1 Å². The van der Waals surface area contributed by atoms with Crippen molar-refractivity contribution in [2.45, 2.75) is 6.61 Å². The third-order valence-corrected chi connectivity index (χ3v) is 6.11. The van der Waals surface area contributed by atoms with Crippen molar-refractivity contribution in [3.05, 3.63) is 96.4 Å². The van der Waals surface area contributed by atoms with Crippen LogP contribution < -0.4 is 15.2 Å². The van der Waals surface area contributed by atoms with Gasteiger partial charge in [0.2, 0.25) is 0 Å². The lowest BCUT2D eigenvalue weighted by atomic mass is 10.1. The van der Waals surface area contributed by atoms with Gasteiger partial charge in [0.05, 0.1) is 12.8 Å². The van der Waals surface area contributed by atoms with Crippen LogP contribution in [0, 0.1) is 13.0 Å². The van der Waals surface area contributed by atoms with Crippen LogP contribution in [0.15, 0.2) is 72.3 Å². The van der Waals surface area contributed by atoms with Crippen LogP contribution in [0.3, 0.4) is 0 Å². The summed E-state index contributed by atoms with van der Waals surface area (Å²) >= 11 is 4.29. The van der Waals surface area contributed by atoms with E-state index in [0.717, 1.165) is 12.7 Å². The minimum absolute atomic E-state index is 0.0592. The zero-order valence-corrected chi connectivity index (χ0v) is 20.3. The van der Waals surface area contributed by atoms with Gasteiger partial charge < -0.3 is 4.74 Å². The highest BCUT2D eigenvalue weighted by molar-refractivity contribution is 14.1. The molecule has 0 unspecified atom stereocenters. The molecule has 1 heterocycles. The van der Waals surface area contributed by atoms with Gasteiger partial charge in [0.15, 0.2) is 0 Å². The number of carbonyl (C=O) groups excluding carboxylic acids is 2. The predicted octanol–water partition coefficient (Wildman–Crippen LogP) is 5.08. The molecule has 1 N–H and O–H groups in total. The van der Waals surface area contributed by atoms with Gasteiger partial charge in [0, 0.05) is 0 Å². The molecule has 1 aliphatic heterocycles. The van der Waals surface area contributed by atoms with Gasteiger partial charge in [0.25, 0.3) is 11.8 Å². The number of hydrogen-bond donors (Lipinski definition) is 1. The van der Waals surface area contributed by atoms with Crippen LogP contribution in [0.25, 0.3) is 6.08 Å². The minimum Gasteiger partial charge on any atom is -0.487 e. The summed E-state index contributed by atoms with van der Waals surface area (Å²) in [6.45, 7) is 0.233. The zero-order valence-electron chi connectivity index (χ0n) is 15.9. The van der Waals surface area contributed by atoms with Gasteiger partial charge in [-0.25, -0.2) is 9.40 Å². The molecule has 31 heavy (non-hydrogen) atoms. The summed E-state index contributed by atoms with van der Waals surface area (Å²) in [5, 5.41) is 1.24. The Morgan fingerprint density at radius 3 is 2.35 bits per heavy atom. The van der Waals surface area contributed by atoms with E-state index >= 15 is 0 Å². The topological polar surface area (TPSA) is 58.6 Å². The summed E-state index contributed by atoms with van der Waals surface area (Å²) < 4.78 is 20.9. The van der Waals surface area contributed by atoms with E-state index in [9.17, 15) is 14.0 Å². The highest BCUT2D eigenvalue weighted by Gasteiger charge is 2.34. The fourth-order valence-corrected chi connectivity index (χ4v) is 5.19. The molecule has 0 aromatic heterocycles. The molecule has 1 aliphatic rings. The summed E-state index contributed by atoms with van der Waals surface area (Å²) in [4.78, 5) is 25.2. The monoisotopic (exact) mass is 640 g/mol. The molecule has 0 atom stereocenters. The van der Waals surface area contributed by atoms with Gasteiger partial charge >= 0.3 is 0 Å². The molecule has 3 aromatic rings. The van der Waals surface area contributed by atoms with Gasteiger partial charge in [-0.05, 0) is 98.8 Å². The van der Waals surface area contributed by atoms with Gasteiger partial charge in [0.1, 0.15) is 23.7 Å². The molecular formula is C23H15FI2N2O3. The van der Waals surface area contributed by atoms with Crippen LogP contribution in [0.2, 0.25) is 0 Å². The third kappa shape index (κ3) is 4.90. The van der Waals surface area contributed by atoms with Crippen molar-refractivity contribution in [2.24, 2.45) is 0 Å². The molecule has 2 amide bonds. The van der Waals surface area contributed by atoms with Gasteiger partial charge in [-0.15, -0.1) is 0 Å². The number of para-hydroxylation sites is 1. The number of nitrogens with zero attached hydrogens (tertiary/aromatic N) is 1. The molecule has 5 nitrogen and oxygen atoms in total. The number of hydrazine groups is 1. The highest BCUT2D eigenvalue weighted by Crippen LogP contribution is 2.31. The van der Waals surface area contributed by atoms with E-state index < -0.39 is 11.8 Å². The van der Waals surface area contributed by atoms with Crippen molar-refractivity contribution in [3.63, 3.8) is 0 Å². The molecule has 0 radical (unpaired) electrons. The number of rotatable bonds is 5. The average molecular weight is 640 g/mol. The summed E-state index contributed by atoms with van der Waals surface area (Å²) in [5.41, 5.74) is 4.68. The number of halogens is 3. The number of nitrogens with one attached hydrogen (secondary N) is 1. The Bertz CT molecular complexity index is 1180. The number of hydrogen-bond acceptors (Lipinski definition) is 3. The average Bonchev–Trinajstić information content (AvgIpc) is 3.02. The summed E-state index contributed by atoms with van der Waals surface area (Å²) in [6, 6.07) is 18.9. The first-order valence-corrected chi connectivity index (χ1v) is 11.4. The summed E-state index contributed by atoms with van der Waals surface area (Å²) in [7, 11) is 0. The lowest BCUT2D eigenvalue weighted by Crippen LogP contribution is -2.35. The van der Waals surface area contributed by atoms with Crippen LogP contribution in [-0.4, -0.2) is 11.8 Å². The van der Waals surface area contributed by atoms with Gasteiger partial charge in [-0.2, -0.15) is 0 Å². The van der Waals surface area contributed by atoms with Crippen molar-refractivity contribution < 1.29 is 18.7 Å². The molecular weight excluding hydrogens is 625 g/mol. The predicted molar refractivity (Wildman–Crippen MR) is 133 cm³/mol. The van der Waals surface area contributed by atoms with Crippen LogP contribution in [0.5, 0.6) is 5.75 Å². The number of amides is 2. The second kappa shape index (κ2) is 9.35. The van der Waals surface area contributed by atoms with Crippen molar-refractivity contribution >= 4 is 68.8 Å². The molecule has 1 fully saturated rings. The zero-order chi connectivity index (χ0) is 22.0. The third-order valence-electron chi connectivity index (χ3n) is 4.51. The maximum atomic E-state index is 13.4. The standard InChI is InChI=1S/C23H15FI2N2O3/c24-16-6-4-5-14(9-16)13-31-21-19(25)11-15(12-20(21)26)10-18-22(29)27-28(23(18)30)17-7-2-1-3-8-17/h1-12H,13H2,(H,27,29)/b18-10-. The molecule has 8 heteroatoms. The largest absolute Gasteiger partial charge is 0.487 e. The van der Waals surface area contributed by atoms with E-state index in [4.69, 9.17) is 4.74 Å². The molecule has 0 spiro atoms. The maximum Gasteiger partial charge on any atom is 0.282 e. The molecule has 0 saturated carbocycles. The Hall–Kier alpha value is -2.47. The molecule has 0 bridgehead atoms. The molecule has 156 valence electrons. The Balaban J connectivity index is 1.56. The van der Waals surface area contributed by atoms with E-state index in [-0.39, 0.29) is 18.0 Å². The number of anilines is 1. The number of benzene rings is 3. The molecule has 3 aromatic carbocycles. The van der Waals surface area contributed by atoms with Crippen molar-refractivity contribution in [1.82, 2.24) is 5.43 Å². The Morgan fingerprint density at radius 1 is 0.968 bits per heavy atom. The van der Waals surface area contributed by atoms with E-state index in [1.807, 2.05) is 18.2 Å². The van der Waals surface area contributed by atoms with Gasteiger partial charge in [-0.1, -0.05) is 30.3 Å². The Labute approximate surface area is 205 Å². The van der Waals surface area contributed by atoms with Gasteiger partial charge in [-0.3, -0.25) is 15.0 Å². The first-order valence-electron chi connectivity index (χ1n) is 9.21. The minimum atomic E-state index is -0.453. The SMILES string of the molecule is O=C1NN(c2ccccc2)C(=O)/C1=C\c1cc(I)c(OCc2cccc(F)c2)c(I)c1. The normalized spacial score (nSPS) is 14.8. The van der Waals surface area contributed by atoms with E-state index in [2.05, 4.69) is 50.6 Å². The van der Waals surface area contributed by atoms with Crippen molar-refractivity contribution in [2.75, 3.05) is 5.01 Å². The first kappa shape index (κ1) is 21.8. The van der Waals surface area contributed by atoms with Crippen LogP contribution >= 0.6 is 45.2 Å². The summed E-state index contributed by atoms with van der Waals surface area (Å²) in [5.74, 6) is -0.504. The summed E-state index contributed by atoms with van der Waals surface area (Å²) in [6.07, 6.45) is 1.57. The fraction of sp³-hybridized carbons (Fsp3) is 0.0435. The molecule has 0 aliphatic carbocycles. The molecule has 4 rings (SSSR count). The van der Waals surface area contributed by atoms with Crippen LogP contribution in [-0.2, 0) is 16.2 Å².